The molecule has 2 aliphatic rings. The third-order valence-electron chi connectivity index (χ3n) is 6.42. The molecule has 3 aromatic heterocycles. The molecule has 0 spiro atoms. The standard InChI is InChI=1S/C24H26N6S/c1-2-4-16(5-3-1)14-17-8-11-30(12-9-17)24-25-19-10-13-31-22(19)23(27-24)26-21-15-20(28-29-21)18-6-7-18/h1-5,10,13,15,17-18H,6-9,11-12,14H2,(H2,25,26,27,28,29). The molecule has 1 saturated heterocycles. The topological polar surface area (TPSA) is 69.7 Å². The van der Waals surface area contributed by atoms with Crippen LogP contribution in [-0.4, -0.2) is 33.3 Å². The summed E-state index contributed by atoms with van der Waals surface area (Å²) in [6, 6.07) is 15.0. The molecular formula is C24H26N6S. The molecule has 31 heavy (non-hydrogen) atoms. The molecule has 0 bridgehead atoms. The van der Waals surface area contributed by atoms with Gasteiger partial charge in [0.15, 0.2) is 11.6 Å². The lowest BCUT2D eigenvalue weighted by Crippen LogP contribution is -2.35. The average molecular weight is 431 g/mol. The molecule has 7 heteroatoms. The van der Waals surface area contributed by atoms with Gasteiger partial charge in [-0.05, 0) is 55.0 Å². The van der Waals surface area contributed by atoms with Crippen molar-refractivity contribution in [2.24, 2.45) is 5.92 Å². The monoisotopic (exact) mass is 430 g/mol. The van der Waals surface area contributed by atoms with E-state index in [9.17, 15) is 0 Å². The van der Waals surface area contributed by atoms with Crippen molar-refractivity contribution in [2.45, 2.75) is 38.0 Å². The molecule has 1 aliphatic carbocycles. The van der Waals surface area contributed by atoms with Gasteiger partial charge in [-0.1, -0.05) is 30.3 Å². The molecule has 2 fully saturated rings. The number of nitrogens with zero attached hydrogens (tertiary/aromatic N) is 4. The summed E-state index contributed by atoms with van der Waals surface area (Å²) in [5, 5.41) is 13.2. The van der Waals surface area contributed by atoms with Crippen LogP contribution in [0.1, 0.15) is 42.9 Å². The Kier molecular flexibility index (Phi) is 4.83. The number of aromatic nitrogens is 4. The Morgan fingerprint density at radius 1 is 1.03 bits per heavy atom. The zero-order valence-electron chi connectivity index (χ0n) is 17.4. The van der Waals surface area contributed by atoms with Gasteiger partial charge in [0.1, 0.15) is 0 Å². The van der Waals surface area contributed by atoms with Crippen molar-refractivity contribution in [3.8, 4) is 0 Å². The number of nitrogens with one attached hydrogen (secondary N) is 2. The van der Waals surface area contributed by atoms with Crippen LogP contribution in [0.4, 0.5) is 17.6 Å². The van der Waals surface area contributed by atoms with Gasteiger partial charge < -0.3 is 10.2 Å². The van der Waals surface area contributed by atoms with Gasteiger partial charge in [0, 0.05) is 30.8 Å². The van der Waals surface area contributed by atoms with E-state index < -0.39 is 0 Å². The second kappa shape index (κ2) is 7.96. The molecule has 6 nitrogen and oxygen atoms in total. The average Bonchev–Trinajstić information content (AvgIpc) is 3.35. The lowest BCUT2D eigenvalue weighted by atomic mass is 9.90. The molecule has 0 atom stereocenters. The predicted molar refractivity (Wildman–Crippen MR) is 126 cm³/mol. The summed E-state index contributed by atoms with van der Waals surface area (Å²) in [4.78, 5) is 12.1. The third kappa shape index (κ3) is 4.02. The van der Waals surface area contributed by atoms with Crippen LogP contribution in [0.5, 0.6) is 0 Å². The van der Waals surface area contributed by atoms with Crippen molar-refractivity contribution in [1.82, 2.24) is 20.2 Å². The van der Waals surface area contributed by atoms with Crippen LogP contribution in [0.25, 0.3) is 10.2 Å². The highest BCUT2D eigenvalue weighted by molar-refractivity contribution is 7.17. The minimum Gasteiger partial charge on any atom is -0.341 e. The van der Waals surface area contributed by atoms with Gasteiger partial charge in [-0.25, -0.2) is 4.98 Å². The number of hydrogen-bond donors (Lipinski definition) is 2. The Bertz CT molecular complexity index is 1170. The lowest BCUT2D eigenvalue weighted by Gasteiger charge is -2.32. The molecule has 1 saturated carbocycles. The predicted octanol–water partition coefficient (Wildman–Crippen LogP) is 5.49. The number of piperidine rings is 1. The highest BCUT2D eigenvalue weighted by atomic mass is 32.1. The highest BCUT2D eigenvalue weighted by Gasteiger charge is 2.26. The van der Waals surface area contributed by atoms with Crippen molar-refractivity contribution < 1.29 is 0 Å². The van der Waals surface area contributed by atoms with Crippen LogP contribution in [-0.2, 0) is 6.42 Å². The number of aromatic amines is 1. The van der Waals surface area contributed by atoms with E-state index in [4.69, 9.17) is 9.97 Å². The van der Waals surface area contributed by atoms with Crippen molar-refractivity contribution >= 4 is 39.1 Å². The van der Waals surface area contributed by atoms with Crippen molar-refractivity contribution in [3.63, 3.8) is 0 Å². The Hall–Kier alpha value is -2.93. The lowest BCUT2D eigenvalue weighted by molar-refractivity contribution is 0.401. The number of rotatable bonds is 6. The van der Waals surface area contributed by atoms with Gasteiger partial charge in [-0.3, -0.25) is 5.10 Å². The summed E-state index contributed by atoms with van der Waals surface area (Å²) >= 11 is 1.67. The number of hydrogen-bond acceptors (Lipinski definition) is 6. The summed E-state index contributed by atoms with van der Waals surface area (Å²) in [6.45, 7) is 2.00. The Labute approximate surface area is 185 Å². The maximum absolute atomic E-state index is 4.93. The fourth-order valence-electron chi connectivity index (χ4n) is 4.49. The molecule has 6 rings (SSSR count). The van der Waals surface area contributed by atoms with Crippen LogP contribution >= 0.6 is 11.3 Å². The molecule has 0 unspecified atom stereocenters. The van der Waals surface area contributed by atoms with E-state index in [1.807, 2.05) is 0 Å². The summed E-state index contributed by atoms with van der Waals surface area (Å²) in [5.74, 6) is 3.90. The third-order valence-corrected chi connectivity index (χ3v) is 7.33. The maximum atomic E-state index is 4.93. The van der Waals surface area contributed by atoms with Crippen molar-refractivity contribution in [3.05, 3.63) is 59.1 Å². The summed E-state index contributed by atoms with van der Waals surface area (Å²) in [6.07, 6.45) is 6.03. The highest BCUT2D eigenvalue weighted by Crippen LogP contribution is 2.40. The fourth-order valence-corrected chi connectivity index (χ4v) is 5.26. The van der Waals surface area contributed by atoms with Gasteiger partial charge >= 0.3 is 0 Å². The van der Waals surface area contributed by atoms with Crippen molar-refractivity contribution in [1.29, 1.82) is 0 Å². The maximum Gasteiger partial charge on any atom is 0.227 e. The number of H-pyrrole nitrogens is 1. The SMILES string of the molecule is c1ccc(CC2CCN(c3nc(Nc4cc(C5CC5)[nH]n4)c4sccc4n3)CC2)cc1. The molecular weight excluding hydrogens is 404 g/mol. The molecule has 0 radical (unpaired) electrons. The van der Waals surface area contributed by atoms with Crippen LogP contribution in [0.15, 0.2) is 47.8 Å². The molecule has 0 amide bonds. The van der Waals surface area contributed by atoms with E-state index in [1.54, 1.807) is 11.3 Å². The second-order valence-electron chi connectivity index (χ2n) is 8.74. The van der Waals surface area contributed by atoms with E-state index in [2.05, 4.69) is 68.3 Å². The molecule has 158 valence electrons. The zero-order valence-corrected chi connectivity index (χ0v) is 18.2. The van der Waals surface area contributed by atoms with Crippen LogP contribution < -0.4 is 10.2 Å². The molecule has 1 aromatic carbocycles. The Morgan fingerprint density at radius 2 is 1.87 bits per heavy atom. The number of fused-ring (bicyclic) bond motifs is 1. The number of thiophene rings is 1. The van der Waals surface area contributed by atoms with Crippen LogP contribution in [0.3, 0.4) is 0 Å². The fraction of sp³-hybridized carbons (Fsp3) is 0.375. The quantitative estimate of drug-likeness (QED) is 0.423. The van der Waals surface area contributed by atoms with Gasteiger partial charge in [0.25, 0.3) is 0 Å². The van der Waals surface area contributed by atoms with Gasteiger partial charge in [0.2, 0.25) is 5.95 Å². The first kappa shape index (κ1) is 18.8. The summed E-state index contributed by atoms with van der Waals surface area (Å²) in [5.41, 5.74) is 3.66. The molecule has 2 N–H and O–H groups in total. The molecule has 4 aromatic rings. The number of anilines is 3. The van der Waals surface area contributed by atoms with Gasteiger partial charge in [-0.2, -0.15) is 10.1 Å². The second-order valence-corrected chi connectivity index (χ2v) is 9.65. The first-order valence-electron chi connectivity index (χ1n) is 11.2. The minimum absolute atomic E-state index is 0.656. The Morgan fingerprint density at radius 3 is 2.68 bits per heavy atom. The summed E-state index contributed by atoms with van der Waals surface area (Å²) in [7, 11) is 0. The van der Waals surface area contributed by atoms with Crippen molar-refractivity contribution in [2.75, 3.05) is 23.3 Å². The van der Waals surface area contributed by atoms with E-state index >= 15 is 0 Å². The number of benzene rings is 1. The molecule has 1 aliphatic heterocycles. The zero-order chi connectivity index (χ0) is 20.6. The minimum atomic E-state index is 0.656. The smallest absolute Gasteiger partial charge is 0.227 e. The van der Waals surface area contributed by atoms with Crippen LogP contribution in [0, 0.1) is 5.92 Å². The van der Waals surface area contributed by atoms with Gasteiger partial charge in [0.05, 0.1) is 10.2 Å². The Balaban J connectivity index is 1.19. The van der Waals surface area contributed by atoms with E-state index in [0.29, 0.717) is 5.92 Å². The first-order valence-corrected chi connectivity index (χ1v) is 12.1. The van der Waals surface area contributed by atoms with E-state index in [-0.39, 0.29) is 0 Å². The van der Waals surface area contributed by atoms with E-state index in [0.717, 1.165) is 53.2 Å². The van der Waals surface area contributed by atoms with Gasteiger partial charge in [-0.15, -0.1) is 11.3 Å². The largest absolute Gasteiger partial charge is 0.341 e. The molecule has 4 heterocycles. The van der Waals surface area contributed by atoms with E-state index in [1.165, 1.54) is 36.9 Å². The normalized spacial score (nSPS) is 17.4. The van der Waals surface area contributed by atoms with Crippen LogP contribution in [0.2, 0.25) is 0 Å². The summed E-state index contributed by atoms with van der Waals surface area (Å²) < 4.78 is 1.08. The first-order chi connectivity index (χ1) is 15.3.